The molecule has 0 fully saturated rings. The summed E-state index contributed by atoms with van der Waals surface area (Å²) >= 11 is 1.23. The molecule has 4 aromatic rings. The zero-order valence-electron chi connectivity index (χ0n) is 23.5. The first-order valence-corrected chi connectivity index (χ1v) is 14.5. The number of amidine groups is 2. The van der Waals surface area contributed by atoms with Crippen molar-refractivity contribution in [2.24, 2.45) is 10.1 Å². The van der Waals surface area contributed by atoms with E-state index in [0.717, 1.165) is 28.5 Å². The molecule has 9 nitrogen and oxygen atoms in total. The van der Waals surface area contributed by atoms with Crippen molar-refractivity contribution in [3.8, 4) is 17.2 Å². The Morgan fingerprint density at radius 3 is 2.65 bits per heavy atom. The van der Waals surface area contributed by atoms with Crippen molar-refractivity contribution in [2.75, 3.05) is 20.3 Å². The monoisotopic (exact) mass is 591 g/mol. The minimum absolute atomic E-state index is 0.0237. The first kappa shape index (κ1) is 28.0. The number of aromatic nitrogens is 1. The smallest absolute Gasteiger partial charge is 0.283 e. The average Bonchev–Trinajstić information content (AvgIpc) is 3.60. The van der Waals surface area contributed by atoms with E-state index in [1.165, 1.54) is 16.8 Å². The van der Waals surface area contributed by atoms with Gasteiger partial charge in [-0.25, -0.2) is 0 Å². The maximum absolute atomic E-state index is 13.1. The van der Waals surface area contributed by atoms with E-state index < -0.39 is 5.91 Å². The summed E-state index contributed by atoms with van der Waals surface area (Å²) in [6.07, 6.45) is 6.28. The van der Waals surface area contributed by atoms with Crippen LogP contribution in [0.4, 0.5) is 0 Å². The minimum atomic E-state index is -0.476. The molecular formula is C33H29N5O4S. The molecule has 0 unspecified atom stereocenters. The highest BCUT2D eigenvalue weighted by Crippen LogP contribution is 2.31. The van der Waals surface area contributed by atoms with Gasteiger partial charge in [0.25, 0.3) is 5.91 Å². The van der Waals surface area contributed by atoms with Crippen molar-refractivity contribution in [1.82, 2.24) is 9.58 Å². The fourth-order valence-corrected chi connectivity index (χ4v) is 5.66. The lowest BCUT2D eigenvalue weighted by Gasteiger charge is -2.20. The molecule has 0 spiro atoms. The number of para-hydroxylation sites is 2. The van der Waals surface area contributed by atoms with Gasteiger partial charge < -0.3 is 18.8 Å². The van der Waals surface area contributed by atoms with Crippen molar-refractivity contribution < 1.29 is 19.0 Å². The molecule has 0 atom stereocenters. The van der Waals surface area contributed by atoms with Crippen molar-refractivity contribution in [2.45, 2.75) is 13.0 Å². The lowest BCUT2D eigenvalue weighted by atomic mass is 10.1. The highest BCUT2D eigenvalue weighted by atomic mass is 32.2. The molecule has 3 heterocycles. The van der Waals surface area contributed by atoms with Crippen molar-refractivity contribution in [3.05, 3.63) is 108 Å². The molecule has 1 amide bonds. The quantitative estimate of drug-likeness (QED) is 0.166. The standard InChI is InChI=1S/C33H29N5O4S/c1-3-9-22-14-15-28(29(18-22)40-2)41-17-16-37-20-23(25-12-7-8-13-27(25)37)19-26-31(34)38-33(35-32(26)39)43-30(36-38)21-42-24-10-5-4-6-11-24/h3-8,10-15,18-20,34H,1,9,16-17,21H2,2H3/b26-19+,34-31?. The van der Waals surface area contributed by atoms with E-state index >= 15 is 0 Å². The van der Waals surface area contributed by atoms with Crippen LogP contribution in [0.3, 0.4) is 0 Å². The Morgan fingerprint density at radius 1 is 1.02 bits per heavy atom. The van der Waals surface area contributed by atoms with E-state index in [1.54, 1.807) is 13.2 Å². The number of benzene rings is 3. The number of nitrogens with one attached hydrogen (secondary N) is 1. The van der Waals surface area contributed by atoms with E-state index in [9.17, 15) is 4.79 Å². The zero-order valence-corrected chi connectivity index (χ0v) is 24.3. The SMILES string of the molecule is C=CCc1ccc(OCCn2cc(/C=C3\C(=N)N4N=C(COc5ccccc5)SC4=NC3=O)c3ccccc32)c(OC)c1. The molecule has 216 valence electrons. The van der Waals surface area contributed by atoms with Gasteiger partial charge in [-0.2, -0.15) is 15.1 Å². The topological polar surface area (TPSA) is 102 Å². The number of allylic oxidation sites excluding steroid dienone is 1. The molecule has 0 saturated carbocycles. The summed E-state index contributed by atoms with van der Waals surface area (Å²) in [4.78, 5) is 17.3. The van der Waals surface area contributed by atoms with Crippen LogP contribution < -0.4 is 14.2 Å². The Morgan fingerprint density at radius 2 is 1.84 bits per heavy atom. The number of carbonyl (C=O) groups is 1. The number of fused-ring (bicyclic) bond motifs is 2. The summed E-state index contributed by atoms with van der Waals surface area (Å²) in [5.74, 6) is 1.56. The lowest BCUT2D eigenvalue weighted by molar-refractivity contribution is -0.114. The Bertz CT molecular complexity index is 1810. The third kappa shape index (κ3) is 5.96. The van der Waals surface area contributed by atoms with Gasteiger partial charge in [-0.1, -0.05) is 48.5 Å². The van der Waals surface area contributed by atoms with Gasteiger partial charge in [0.2, 0.25) is 5.17 Å². The number of hydrogen-bond donors (Lipinski definition) is 1. The van der Waals surface area contributed by atoms with E-state index in [0.29, 0.717) is 40.6 Å². The largest absolute Gasteiger partial charge is 0.493 e. The maximum atomic E-state index is 13.1. The molecule has 2 aliphatic heterocycles. The Labute approximate surface area is 253 Å². The zero-order chi connectivity index (χ0) is 29.8. The number of carbonyl (C=O) groups excluding carboxylic acids is 1. The van der Waals surface area contributed by atoms with Crippen LogP contribution >= 0.6 is 11.8 Å². The van der Waals surface area contributed by atoms with Crippen LogP contribution in [0.25, 0.3) is 17.0 Å². The summed E-state index contributed by atoms with van der Waals surface area (Å²) in [5, 5.41) is 16.6. The van der Waals surface area contributed by atoms with Gasteiger partial charge in [0.15, 0.2) is 17.3 Å². The van der Waals surface area contributed by atoms with Crippen LogP contribution in [0.15, 0.2) is 107 Å². The molecule has 1 aromatic heterocycles. The molecule has 2 aliphatic rings. The van der Waals surface area contributed by atoms with Crippen LogP contribution in [-0.4, -0.2) is 51.9 Å². The molecule has 0 aliphatic carbocycles. The average molecular weight is 592 g/mol. The molecule has 1 N–H and O–H groups in total. The number of thioether (sulfide) groups is 1. The van der Waals surface area contributed by atoms with Crippen LogP contribution in [-0.2, 0) is 17.8 Å². The summed E-state index contributed by atoms with van der Waals surface area (Å²) in [6, 6.07) is 23.2. The lowest BCUT2D eigenvalue weighted by Crippen LogP contribution is -2.35. The van der Waals surface area contributed by atoms with Crippen LogP contribution in [0.1, 0.15) is 11.1 Å². The van der Waals surface area contributed by atoms with Crippen LogP contribution in [0.2, 0.25) is 0 Å². The molecule has 43 heavy (non-hydrogen) atoms. The Kier molecular flexibility index (Phi) is 8.10. The molecule has 10 heteroatoms. The number of rotatable bonds is 11. The fourth-order valence-electron chi connectivity index (χ4n) is 4.86. The first-order valence-electron chi connectivity index (χ1n) is 13.7. The number of methoxy groups -OCH3 is 1. The second-order valence-electron chi connectivity index (χ2n) is 9.74. The van der Waals surface area contributed by atoms with Gasteiger partial charge in [-0.3, -0.25) is 10.2 Å². The van der Waals surface area contributed by atoms with Gasteiger partial charge >= 0.3 is 0 Å². The summed E-state index contributed by atoms with van der Waals surface area (Å²) in [6.45, 7) is 4.97. The van der Waals surface area contributed by atoms with Crippen LogP contribution in [0, 0.1) is 5.41 Å². The predicted octanol–water partition coefficient (Wildman–Crippen LogP) is 6.16. The normalized spacial score (nSPS) is 15.4. The predicted molar refractivity (Wildman–Crippen MR) is 171 cm³/mol. The van der Waals surface area contributed by atoms with Gasteiger partial charge in [0.05, 0.1) is 19.2 Å². The van der Waals surface area contributed by atoms with Gasteiger partial charge in [-0.15, -0.1) is 6.58 Å². The Hall–Kier alpha value is -5.09. The van der Waals surface area contributed by atoms with Crippen molar-refractivity contribution in [1.29, 1.82) is 5.41 Å². The molecule has 6 rings (SSSR count). The number of hydrazone groups is 1. The summed E-state index contributed by atoms with van der Waals surface area (Å²) < 4.78 is 19.5. The number of ether oxygens (including phenoxy) is 3. The molecule has 0 radical (unpaired) electrons. The highest BCUT2D eigenvalue weighted by molar-refractivity contribution is 8.27. The van der Waals surface area contributed by atoms with Crippen LogP contribution in [0.5, 0.6) is 17.2 Å². The van der Waals surface area contributed by atoms with E-state index in [1.807, 2.05) is 85.1 Å². The number of nitrogens with zero attached hydrogens (tertiary/aromatic N) is 4. The number of aliphatic imine (C=N–C) groups is 1. The Balaban J connectivity index is 1.20. The van der Waals surface area contributed by atoms with Gasteiger partial charge in [-0.05, 0) is 60.2 Å². The first-order chi connectivity index (χ1) is 21.0. The van der Waals surface area contributed by atoms with E-state index in [4.69, 9.17) is 19.6 Å². The van der Waals surface area contributed by atoms with E-state index in [-0.39, 0.29) is 18.0 Å². The maximum Gasteiger partial charge on any atom is 0.283 e. The van der Waals surface area contributed by atoms with Crippen molar-refractivity contribution in [3.63, 3.8) is 0 Å². The molecule has 3 aromatic carbocycles. The highest BCUT2D eigenvalue weighted by Gasteiger charge is 2.36. The minimum Gasteiger partial charge on any atom is -0.493 e. The molecule has 0 saturated heterocycles. The van der Waals surface area contributed by atoms with Gasteiger partial charge in [0.1, 0.15) is 24.0 Å². The second kappa shape index (κ2) is 12.4. The van der Waals surface area contributed by atoms with Crippen molar-refractivity contribution >= 4 is 50.7 Å². The number of hydrogen-bond acceptors (Lipinski definition) is 7. The van der Waals surface area contributed by atoms with E-state index in [2.05, 4.69) is 21.2 Å². The second-order valence-corrected chi connectivity index (χ2v) is 10.8. The number of amides is 1. The third-order valence-corrected chi connectivity index (χ3v) is 7.80. The molecular weight excluding hydrogens is 562 g/mol. The molecule has 0 bridgehead atoms. The van der Waals surface area contributed by atoms with Gasteiger partial charge in [0, 0.05) is 22.7 Å². The summed E-state index contributed by atoms with van der Waals surface area (Å²) in [5.41, 5.74) is 3.06. The fraction of sp³-hybridized carbons (Fsp3) is 0.152. The summed E-state index contributed by atoms with van der Waals surface area (Å²) in [7, 11) is 1.63. The third-order valence-electron chi connectivity index (χ3n) is 6.92.